The molecule has 22 rings (SSSR count). The first-order valence-corrected chi connectivity index (χ1v) is 52.1. The van der Waals surface area contributed by atoms with Gasteiger partial charge in [-0.05, 0) is 385 Å². The molecule has 20 aromatic rings. The van der Waals surface area contributed by atoms with Crippen molar-refractivity contribution in [3.05, 3.63) is 412 Å². The zero-order valence-electron chi connectivity index (χ0n) is 77.6. The van der Waals surface area contributed by atoms with Gasteiger partial charge in [0, 0.05) is 90.3 Å². The number of pyridine rings is 6. The number of aromatic nitrogens is 14. The number of benzene rings is 10. The van der Waals surface area contributed by atoms with E-state index in [0.717, 1.165) is 117 Å². The summed E-state index contributed by atoms with van der Waals surface area (Å²) < 4.78 is 38.2. The first-order valence-electron chi connectivity index (χ1n) is 42.7. The molecule has 37 heteroatoms. The summed E-state index contributed by atoms with van der Waals surface area (Å²) in [5.74, 6) is -1.28. The molecule has 0 atom stereocenters. The molecule has 11 heterocycles. The van der Waals surface area contributed by atoms with Gasteiger partial charge in [-0.25, -0.2) is 19.9 Å². The summed E-state index contributed by atoms with van der Waals surface area (Å²) in [4.78, 5) is 68.1. The zero-order chi connectivity index (χ0) is 99.1. The summed E-state index contributed by atoms with van der Waals surface area (Å²) >= 11 is 36.5. The van der Waals surface area contributed by atoms with Gasteiger partial charge >= 0.3 is 36.7 Å². The van der Waals surface area contributed by atoms with Crippen molar-refractivity contribution in [2.45, 2.75) is 58.2 Å². The van der Waals surface area contributed by atoms with Gasteiger partial charge in [0.15, 0.2) is 0 Å². The second-order valence-electron chi connectivity index (χ2n) is 32.1. The van der Waals surface area contributed by atoms with Gasteiger partial charge in [0.1, 0.15) is 78.3 Å². The van der Waals surface area contributed by atoms with Crippen molar-refractivity contribution in [1.82, 2.24) is 67.3 Å². The largest absolute Gasteiger partial charge is 1.00 e. The van der Waals surface area contributed by atoms with E-state index >= 15 is 0 Å². The Kier molecular flexibility index (Phi) is 38.1. The van der Waals surface area contributed by atoms with E-state index in [2.05, 4.69) is 339 Å². The normalized spacial score (nSPS) is 12.4. The van der Waals surface area contributed by atoms with Gasteiger partial charge in [0.25, 0.3) is 11.6 Å². The van der Waals surface area contributed by atoms with Crippen LogP contribution < -0.4 is 58.0 Å². The van der Waals surface area contributed by atoms with Crippen LogP contribution in [0.4, 0.5) is 22.7 Å². The third kappa shape index (κ3) is 25.1. The van der Waals surface area contributed by atoms with E-state index < -0.39 is 24.1 Å². The molecule has 1 aliphatic carbocycles. The zero-order valence-corrected chi connectivity index (χ0v) is 96.0. The Morgan fingerprint density at radius 2 is 0.599 bits per heavy atom. The second-order valence-corrected chi connectivity index (χ2v) is 41.7. The molecule has 142 heavy (non-hydrogen) atoms. The van der Waals surface area contributed by atoms with Crippen LogP contribution >= 0.6 is 183 Å². The minimum atomic E-state index is -0.640. The smallest absolute Gasteiger partial charge is 1.00 e. The first kappa shape index (κ1) is 109. The van der Waals surface area contributed by atoms with Crippen LogP contribution in [0.3, 0.4) is 0 Å². The number of nitrogens with zero attached hydrogens (tertiary/aromatic N) is 14. The summed E-state index contributed by atoms with van der Waals surface area (Å²) in [6.45, 7) is 12.7. The number of Topliss-reactive ketones (excluding diaryl/α,β-unsaturated/α-hetero) is 2. The number of carbonyl (C=O) groups is 2. The van der Waals surface area contributed by atoms with Crippen molar-refractivity contribution >= 4 is 282 Å². The van der Waals surface area contributed by atoms with Crippen LogP contribution in [-0.2, 0) is 14.7 Å². The maximum atomic E-state index is 11.7. The number of nitrogens with two attached hydrogens (primary N) is 4. The number of rotatable bonds is 10. The van der Waals surface area contributed by atoms with E-state index in [1.165, 1.54) is 92.5 Å². The fraction of sp³-hybridized carbons (Fsp3) is 0.0857. The standard InChI is InChI=1S/C33H33BO2.2C18H10Br2N4.C12H8N2O2.C6H2Br2N2S.2C6H6Br2N2.C6H4N2S.B.Na.H/c1-22-11-15-24(16-12-22)33(25-17-13-23(2)14-18-25)29-10-8-7-9-27(29)28-20-19-26(21-30(28)33)34-35-31(3,4)32(5,6)36-34;2*19-11-7-8-12(20)16-15(11)23-17(13-5-1-3-9-21-13)18(24-16)14-6-2-4-10-22-14;15-11(9-5-1-3-7-13-9)12(16)10-6-2-4-8-14-10;7-3-1-2-4(8)6-5(3)9-11-10-6;2*7-3-1-2-4(8)6(10)5(3)9;1-2-4-6-5(3-1)7-9-8-6;;;/h7-21H,1-6H3;2*1-10H;1-8H;1-2H;2*1-2H,9-10H2;1-4H;;;/q;;;;;;;;;+1;-1. The van der Waals surface area contributed by atoms with Gasteiger partial charge in [-0.3, -0.25) is 39.5 Å². The quantitative estimate of drug-likeness (QED) is 0.0428. The number of hydrogen-bond donors (Lipinski definition) is 4. The molecule has 0 spiro atoms. The van der Waals surface area contributed by atoms with E-state index in [0.29, 0.717) is 45.5 Å². The van der Waals surface area contributed by atoms with Crippen LogP contribution in [0.25, 0.3) is 101 Å². The molecule has 0 amide bonds. The van der Waals surface area contributed by atoms with Gasteiger partial charge in [-0.2, -0.15) is 17.5 Å². The number of carbonyl (C=O) groups excluding carboxylic acids is 2. The number of fused-ring (bicyclic) bond motifs is 7. The van der Waals surface area contributed by atoms with Crippen LogP contribution in [0.15, 0.2) is 367 Å². The third-order valence-corrected chi connectivity index (χ3v) is 30.2. The van der Waals surface area contributed by atoms with Crippen molar-refractivity contribution in [1.29, 1.82) is 0 Å². The van der Waals surface area contributed by atoms with Gasteiger partial charge < -0.3 is 33.7 Å². The fourth-order valence-electron chi connectivity index (χ4n) is 14.6. The maximum absolute atomic E-state index is 11.7. The maximum Gasteiger partial charge on any atom is 1.00 e. The third-order valence-electron chi connectivity index (χ3n) is 22.5. The predicted molar refractivity (Wildman–Crippen MR) is 607 cm³/mol. The van der Waals surface area contributed by atoms with Gasteiger partial charge in [-0.1, -0.05) is 151 Å². The Labute approximate surface area is 938 Å². The van der Waals surface area contributed by atoms with Crippen LogP contribution in [0, 0.1) is 13.8 Å². The van der Waals surface area contributed by atoms with Crippen LogP contribution in [0.5, 0.6) is 0 Å². The molecule has 2 aliphatic rings. The number of anilines is 4. The molecule has 0 unspecified atom stereocenters. The van der Waals surface area contributed by atoms with E-state index in [9.17, 15) is 9.59 Å². The van der Waals surface area contributed by atoms with Crippen LogP contribution in [0.1, 0.15) is 83.5 Å². The summed E-state index contributed by atoms with van der Waals surface area (Å²) in [5, 5.41) is 0. The molecule has 1 aliphatic heterocycles. The molecule has 10 aromatic carbocycles. The molecule has 10 aromatic heterocycles. The van der Waals surface area contributed by atoms with E-state index in [4.69, 9.17) is 52.2 Å². The predicted octanol–water partition coefficient (Wildman–Crippen LogP) is 25.5. The molecule has 3 radical (unpaired) electrons. The van der Waals surface area contributed by atoms with Crippen molar-refractivity contribution in [3.8, 4) is 56.7 Å². The fourth-order valence-corrected chi connectivity index (χ4v) is 19.8. The van der Waals surface area contributed by atoms with Gasteiger partial charge in [0.05, 0.1) is 85.6 Å². The summed E-state index contributed by atoms with van der Waals surface area (Å²) in [6, 6.07) is 93.3. The summed E-state index contributed by atoms with van der Waals surface area (Å²) in [7, 11) is -0.405. The average Bonchev–Trinajstić information content (AvgIpc) is 1.53. The monoisotopic (exact) mass is 2550 g/mol. The molecule has 22 nitrogen and oxygen atoms in total. The Morgan fingerprint density at radius 1 is 0.317 bits per heavy atom. The second kappa shape index (κ2) is 49.6. The van der Waals surface area contributed by atoms with Crippen LogP contribution in [-0.4, -0.2) is 106 Å². The molecule has 703 valence electrons. The summed E-state index contributed by atoms with van der Waals surface area (Å²) in [6.07, 6.45) is 9.94. The molecular weight excluding hydrogens is 2490 g/mol. The molecule has 8 N–H and O–H groups in total. The Balaban J connectivity index is 0.000000152. The van der Waals surface area contributed by atoms with E-state index in [-0.39, 0.29) is 62.0 Å². The number of ketones is 2. The number of halogens is 10. The van der Waals surface area contributed by atoms with Crippen LogP contribution in [0.2, 0.25) is 0 Å². The topological polar surface area (TPSA) is 337 Å². The number of hydrogen-bond acceptors (Lipinski definition) is 24. The molecule has 0 bridgehead atoms. The molecule has 0 saturated carbocycles. The first-order chi connectivity index (χ1) is 67.4. The minimum absolute atomic E-state index is 0. The SMILES string of the molecule is Brc1ccc(Br)c2nc(-c3ccccn3)c(-c3ccccn3)nc12.Brc1ccc(Br)c2nc(-c3ccccn3)c(-c3ccccn3)nc12.Brc1ccc(Br)c2nsnc12.Cc1ccc(C2(c3ccc(C)cc3)c3ccccc3-c3ccc(B4OC(C)(C)C(C)(C)O4)cc32)cc1.Nc1c(Br)ccc(Br)c1N.Nc1c(Br)ccc(Br)c1N.O=C(C(=O)c1ccccn1)c1ccccn1.[B].[H-].[Na+].c1ccc2nsnc2c1. The van der Waals surface area contributed by atoms with Crippen molar-refractivity contribution in [2.75, 3.05) is 22.9 Å². The molecule has 1 saturated heterocycles. The average molecular weight is 2570 g/mol. The Hall–Kier alpha value is -10.2. The minimum Gasteiger partial charge on any atom is -1.00 e. The van der Waals surface area contributed by atoms with Crippen molar-refractivity contribution < 1.29 is 49.9 Å². The van der Waals surface area contributed by atoms with Gasteiger partial charge in [-0.15, -0.1) is 0 Å². The number of aryl methyl sites for hydroxylation is 2. The van der Waals surface area contributed by atoms with Crippen molar-refractivity contribution in [3.63, 3.8) is 0 Å². The Morgan fingerprint density at radius 3 is 0.915 bits per heavy atom. The molecule has 1 fully saturated rings. The summed E-state index contributed by atoms with van der Waals surface area (Å²) in [5.41, 5.74) is 47.8. The Bertz CT molecular complexity index is 7250. The van der Waals surface area contributed by atoms with E-state index in [1.807, 2.05) is 158 Å². The van der Waals surface area contributed by atoms with E-state index in [1.54, 1.807) is 49.1 Å². The molecular formula is C105H80B2Br10N18NaO4S2. The van der Waals surface area contributed by atoms with Crippen molar-refractivity contribution in [2.24, 2.45) is 0 Å². The number of nitrogen functional groups attached to an aromatic ring is 4. The van der Waals surface area contributed by atoms with Gasteiger partial charge in [0.2, 0.25) is 0 Å².